The molecule has 0 bridgehead atoms. The second-order valence-electron chi connectivity index (χ2n) is 4.86. The molecule has 3 nitrogen and oxygen atoms in total. The molecule has 0 spiro atoms. The second kappa shape index (κ2) is 6.01. The molecule has 98 valence electrons. The Labute approximate surface area is 109 Å². The van der Waals surface area contributed by atoms with E-state index in [1.54, 1.807) is 0 Å². The Morgan fingerprint density at radius 3 is 2.83 bits per heavy atom. The van der Waals surface area contributed by atoms with Gasteiger partial charge < -0.3 is 10.6 Å². The van der Waals surface area contributed by atoms with E-state index in [4.69, 9.17) is 0 Å². The summed E-state index contributed by atoms with van der Waals surface area (Å²) >= 11 is 0. The van der Waals surface area contributed by atoms with E-state index in [0.717, 1.165) is 30.6 Å². The predicted octanol–water partition coefficient (Wildman–Crippen LogP) is 3.02. The maximum absolute atomic E-state index is 11.9. The largest absolute Gasteiger partial charge is 0.324 e. The number of carbonyl (C=O) groups is 1. The van der Waals surface area contributed by atoms with E-state index in [-0.39, 0.29) is 11.9 Å². The molecule has 1 aromatic carbocycles. The summed E-state index contributed by atoms with van der Waals surface area (Å²) in [7, 11) is 0. The summed E-state index contributed by atoms with van der Waals surface area (Å²) in [5.41, 5.74) is 3.35. The average molecular weight is 246 g/mol. The minimum atomic E-state index is -0.164. The molecule has 1 aliphatic rings. The fourth-order valence-corrected chi connectivity index (χ4v) is 2.35. The van der Waals surface area contributed by atoms with Crippen molar-refractivity contribution >= 4 is 11.6 Å². The number of carbonyl (C=O) groups excluding carboxylic acids is 1. The van der Waals surface area contributed by atoms with Crippen LogP contribution in [-0.2, 0) is 11.2 Å². The number of aryl methyl sites for hydroxylation is 1. The average Bonchev–Trinajstić information content (AvgIpc) is 2.70. The van der Waals surface area contributed by atoms with Gasteiger partial charge in [-0.15, -0.1) is 0 Å². The standard InChI is InChI=1S/C15H22N2O/c1-3-5-6-9-16-14-12-10-11(4-2)7-8-13(12)17-15(14)18/h7-8,10,14,16H,3-6,9H2,1-2H3,(H,17,18). The highest BCUT2D eigenvalue weighted by Gasteiger charge is 2.29. The number of fused-ring (bicyclic) bond motifs is 1. The van der Waals surface area contributed by atoms with Crippen molar-refractivity contribution in [2.45, 2.75) is 45.6 Å². The molecule has 1 heterocycles. The van der Waals surface area contributed by atoms with Gasteiger partial charge in [0, 0.05) is 11.3 Å². The van der Waals surface area contributed by atoms with Gasteiger partial charge in [-0.25, -0.2) is 0 Å². The molecule has 1 amide bonds. The van der Waals surface area contributed by atoms with Crippen molar-refractivity contribution in [3.8, 4) is 0 Å². The maximum atomic E-state index is 11.9. The molecular weight excluding hydrogens is 224 g/mol. The van der Waals surface area contributed by atoms with Crippen molar-refractivity contribution in [3.05, 3.63) is 29.3 Å². The lowest BCUT2D eigenvalue weighted by molar-refractivity contribution is -0.117. The number of amides is 1. The fourth-order valence-electron chi connectivity index (χ4n) is 2.35. The second-order valence-corrected chi connectivity index (χ2v) is 4.86. The molecular formula is C15H22N2O. The van der Waals surface area contributed by atoms with Crippen molar-refractivity contribution < 1.29 is 4.79 Å². The number of hydrogen-bond donors (Lipinski definition) is 2. The maximum Gasteiger partial charge on any atom is 0.246 e. The van der Waals surface area contributed by atoms with Crippen molar-refractivity contribution in [2.75, 3.05) is 11.9 Å². The van der Waals surface area contributed by atoms with Gasteiger partial charge in [-0.1, -0.05) is 38.8 Å². The summed E-state index contributed by atoms with van der Waals surface area (Å²) in [6, 6.07) is 6.08. The molecule has 0 fully saturated rings. The number of rotatable bonds is 6. The van der Waals surface area contributed by atoms with Crippen LogP contribution in [0.25, 0.3) is 0 Å². The van der Waals surface area contributed by atoms with Crippen LogP contribution in [0.15, 0.2) is 18.2 Å². The molecule has 18 heavy (non-hydrogen) atoms. The first-order chi connectivity index (χ1) is 8.76. The third kappa shape index (κ3) is 2.72. The molecule has 0 radical (unpaired) electrons. The zero-order valence-corrected chi connectivity index (χ0v) is 11.3. The molecule has 1 atom stereocenters. The highest BCUT2D eigenvalue weighted by atomic mass is 16.2. The number of hydrogen-bond acceptors (Lipinski definition) is 2. The first-order valence-corrected chi connectivity index (χ1v) is 6.93. The van der Waals surface area contributed by atoms with E-state index in [0.29, 0.717) is 0 Å². The van der Waals surface area contributed by atoms with E-state index < -0.39 is 0 Å². The molecule has 2 N–H and O–H groups in total. The van der Waals surface area contributed by atoms with Gasteiger partial charge in [0.25, 0.3) is 0 Å². The van der Waals surface area contributed by atoms with E-state index in [2.05, 4.69) is 36.6 Å². The Balaban J connectivity index is 2.06. The highest BCUT2D eigenvalue weighted by molar-refractivity contribution is 6.02. The summed E-state index contributed by atoms with van der Waals surface area (Å²) in [6.07, 6.45) is 4.55. The number of anilines is 1. The molecule has 1 aromatic rings. The van der Waals surface area contributed by atoms with Gasteiger partial charge in [0.05, 0.1) is 0 Å². The van der Waals surface area contributed by atoms with Crippen LogP contribution < -0.4 is 10.6 Å². The normalized spacial score (nSPS) is 17.7. The van der Waals surface area contributed by atoms with Crippen LogP contribution in [0.1, 0.15) is 50.3 Å². The van der Waals surface area contributed by atoms with E-state index in [1.165, 1.54) is 18.4 Å². The quantitative estimate of drug-likeness (QED) is 0.758. The predicted molar refractivity (Wildman–Crippen MR) is 74.7 cm³/mol. The lowest BCUT2D eigenvalue weighted by Gasteiger charge is -2.11. The summed E-state index contributed by atoms with van der Waals surface area (Å²) in [5, 5.41) is 6.30. The van der Waals surface area contributed by atoms with Crippen LogP contribution >= 0.6 is 0 Å². The minimum absolute atomic E-state index is 0.0785. The van der Waals surface area contributed by atoms with Gasteiger partial charge in [0.15, 0.2) is 0 Å². The first-order valence-electron chi connectivity index (χ1n) is 6.93. The minimum Gasteiger partial charge on any atom is -0.324 e. The number of nitrogens with one attached hydrogen (secondary N) is 2. The van der Waals surface area contributed by atoms with Gasteiger partial charge in [-0.3, -0.25) is 4.79 Å². The van der Waals surface area contributed by atoms with Crippen LogP contribution in [0.3, 0.4) is 0 Å². The summed E-state index contributed by atoms with van der Waals surface area (Å²) in [4.78, 5) is 11.9. The van der Waals surface area contributed by atoms with Crippen LogP contribution in [0.4, 0.5) is 5.69 Å². The zero-order valence-electron chi connectivity index (χ0n) is 11.3. The Morgan fingerprint density at radius 2 is 2.11 bits per heavy atom. The highest BCUT2D eigenvalue weighted by Crippen LogP contribution is 2.31. The molecule has 0 saturated carbocycles. The van der Waals surface area contributed by atoms with Gasteiger partial charge in [-0.05, 0) is 31.0 Å². The Kier molecular flexibility index (Phi) is 4.37. The van der Waals surface area contributed by atoms with Crippen LogP contribution in [0.5, 0.6) is 0 Å². The SMILES string of the molecule is CCCCCNC1C(=O)Nc2ccc(CC)cc21. The van der Waals surface area contributed by atoms with Crippen molar-refractivity contribution in [3.63, 3.8) is 0 Å². The smallest absolute Gasteiger partial charge is 0.246 e. The van der Waals surface area contributed by atoms with E-state index in [9.17, 15) is 4.79 Å². The van der Waals surface area contributed by atoms with Crippen LogP contribution in [0, 0.1) is 0 Å². The molecule has 3 heteroatoms. The topological polar surface area (TPSA) is 41.1 Å². The Hall–Kier alpha value is -1.35. The third-order valence-electron chi connectivity index (χ3n) is 3.48. The summed E-state index contributed by atoms with van der Waals surface area (Å²) in [6.45, 7) is 5.22. The summed E-state index contributed by atoms with van der Waals surface area (Å²) in [5.74, 6) is 0.0785. The monoisotopic (exact) mass is 246 g/mol. The lowest BCUT2D eigenvalue weighted by atomic mass is 10.0. The van der Waals surface area contributed by atoms with Crippen molar-refractivity contribution in [1.29, 1.82) is 0 Å². The van der Waals surface area contributed by atoms with Gasteiger partial charge in [-0.2, -0.15) is 0 Å². The molecule has 1 aliphatic heterocycles. The lowest BCUT2D eigenvalue weighted by Crippen LogP contribution is -2.28. The molecule has 0 aliphatic carbocycles. The molecule has 1 unspecified atom stereocenters. The van der Waals surface area contributed by atoms with E-state index in [1.807, 2.05) is 6.07 Å². The molecule has 0 aromatic heterocycles. The summed E-state index contributed by atoms with van der Waals surface area (Å²) < 4.78 is 0. The molecule has 2 rings (SSSR count). The Bertz CT molecular complexity index is 429. The fraction of sp³-hybridized carbons (Fsp3) is 0.533. The molecule has 0 saturated heterocycles. The van der Waals surface area contributed by atoms with Crippen LogP contribution in [-0.4, -0.2) is 12.5 Å². The van der Waals surface area contributed by atoms with Crippen LogP contribution in [0.2, 0.25) is 0 Å². The zero-order chi connectivity index (χ0) is 13.0. The van der Waals surface area contributed by atoms with Crippen molar-refractivity contribution in [1.82, 2.24) is 5.32 Å². The number of unbranched alkanes of at least 4 members (excludes halogenated alkanes) is 2. The van der Waals surface area contributed by atoms with Gasteiger partial charge >= 0.3 is 0 Å². The van der Waals surface area contributed by atoms with E-state index >= 15 is 0 Å². The van der Waals surface area contributed by atoms with Crippen molar-refractivity contribution in [2.24, 2.45) is 0 Å². The van der Waals surface area contributed by atoms with Gasteiger partial charge in [0.2, 0.25) is 5.91 Å². The number of benzene rings is 1. The Morgan fingerprint density at radius 1 is 1.28 bits per heavy atom. The first kappa shape index (κ1) is 13.1. The third-order valence-corrected chi connectivity index (χ3v) is 3.48. The van der Waals surface area contributed by atoms with Gasteiger partial charge in [0.1, 0.15) is 6.04 Å².